The van der Waals surface area contributed by atoms with Crippen LogP contribution in [0, 0.1) is 23.1 Å². The highest BCUT2D eigenvalue weighted by Gasteiger charge is 2.37. The number of hydrogen-bond acceptors (Lipinski definition) is 3. The van der Waals surface area contributed by atoms with Crippen molar-refractivity contribution >= 4 is 0 Å². The lowest BCUT2D eigenvalue weighted by Gasteiger charge is -2.30. The van der Waals surface area contributed by atoms with Crippen molar-refractivity contribution in [1.82, 2.24) is 4.98 Å². The molecule has 92 valence electrons. The third kappa shape index (κ3) is 2.80. The summed E-state index contributed by atoms with van der Waals surface area (Å²) in [4.78, 5) is 3.90. The molecule has 1 aromatic heterocycles. The molecular formula is C13H17FN2O. The zero-order valence-corrected chi connectivity index (χ0v) is 10.2. The average Bonchev–Trinajstić information content (AvgIpc) is 2.36. The van der Waals surface area contributed by atoms with Gasteiger partial charge in [0.2, 0.25) is 0 Å². The number of pyridine rings is 1. The SMILES string of the molecule is CCCC(C#N)C(O)(CC)c1ccc(F)cn1. The van der Waals surface area contributed by atoms with E-state index in [1.54, 1.807) is 6.92 Å². The van der Waals surface area contributed by atoms with Crippen LogP contribution in [0.4, 0.5) is 4.39 Å². The molecule has 0 bridgehead atoms. The topological polar surface area (TPSA) is 56.9 Å². The first kappa shape index (κ1) is 13.6. The summed E-state index contributed by atoms with van der Waals surface area (Å²) in [6.07, 6.45) is 2.85. The molecule has 0 aliphatic rings. The van der Waals surface area contributed by atoms with Gasteiger partial charge in [-0.3, -0.25) is 4.98 Å². The van der Waals surface area contributed by atoms with Gasteiger partial charge in [-0.25, -0.2) is 4.39 Å². The summed E-state index contributed by atoms with van der Waals surface area (Å²) in [5.41, 5.74) is -0.931. The number of rotatable bonds is 5. The minimum atomic E-state index is -1.29. The summed E-state index contributed by atoms with van der Waals surface area (Å²) in [6, 6.07) is 4.82. The monoisotopic (exact) mass is 236 g/mol. The maximum Gasteiger partial charge on any atom is 0.141 e. The van der Waals surface area contributed by atoms with E-state index < -0.39 is 17.3 Å². The molecule has 1 N–H and O–H groups in total. The van der Waals surface area contributed by atoms with Crippen LogP contribution < -0.4 is 0 Å². The second-order valence-corrected chi connectivity index (χ2v) is 4.11. The number of halogens is 1. The van der Waals surface area contributed by atoms with E-state index in [4.69, 9.17) is 5.26 Å². The van der Waals surface area contributed by atoms with E-state index in [1.165, 1.54) is 12.1 Å². The molecule has 3 nitrogen and oxygen atoms in total. The summed E-state index contributed by atoms with van der Waals surface area (Å²) in [7, 11) is 0. The first-order valence-corrected chi connectivity index (χ1v) is 5.82. The van der Waals surface area contributed by atoms with Crippen LogP contribution in [0.15, 0.2) is 18.3 Å². The third-order valence-corrected chi connectivity index (χ3v) is 3.02. The predicted molar refractivity (Wildman–Crippen MR) is 62.4 cm³/mol. The number of nitriles is 1. The van der Waals surface area contributed by atoms with Crippen molar-refractivity contribution in [1.29, 1.82) is 5.26 Å². The molecule has 1 heterocycles. The largest absolute Gasteiger partial charge is 0.382 e. The summed E-state index contributed by atoms with van der Waals surface area (Å²) in [5.74, 6) is -0.966. The molecule has 0 saturated carbocycles. The molecule has 0 amide bonds. The third-order valence-electron chi connectivity index (χ3n) is 3.02. The Kier molecular flexibility index (Phi) is 4.59. The molecule has 4 heteroatoms. The Balaban J connectivity index is 3.10. The fourth-order valence-electron chi connectivity index (χ4n) is 1.94. The van der Waals surface area contributed by atoms with Crippen LogP contribution in [0.25, 0.3) is 0 Å². The molecule has 2 unspecified atom stereocenters. The number of aromatic nitrogens is 1. The van der Waals surface area contributed by atoms with Gasteiger partial charge in [0.1, 0.15) is 11.4 Å². The minimum absolute atomic E-state index is 0.362. The maximum absolute atomic E-state index is 12.8. The van der Waals surface area contributed by atoms with Crippen LogP contribution in [0.5, 0.6) is 0 Å². The summed E-state index contributed by atoms with van der Waals surface area (Å²) < 4.78 is 12.8. The Morgan fingerprint density at radius 3 is 2.65 bits per heavy atom. The van der Waals surface area contributed by atoms with E-state index in [1.807, 2.05) is 6.92 Å². The molecule has 0 aliphatic carbocycles. The zero-order valence-electron chi connectivity index (χ0n) is 10.2. The summed E-state index contributed by atoms with van der Waals surface area (Å²) >= 11 is 0. The van der Waals surface area contributed by atoms with E-state index in [-0.39, 0.29) is 0 Å². The lowest BCUT2D eigenvalue weighted by atomic mass is 9.80. The molecule has 0 aliphatic heterocycles. The Morgan fingerprint density at radius 2 is 2.24 bits per heavy atom. The molecule has 1 aromatic rings. The van der Waals surface area contributed by atoms with Gasteiger partial charge in [-0.15, -0.1) is 0 Å². The van der Waals surface area contributed by atoms with E-state index in [2.05, 4.69) is 11.1 Å². The van der Waals surface area contributed by atoms with E-state index >= 15 is 0 Å². The molecule has 0 radical (unpaired) electrons. The van der Waals surface area contributed by atoms with Crippen molar-refractivity contribution in [3.8, 4) is 6.07 Å². The van der Waals surface area contributed by atoms with Crippen LogP contribution in [0.1, 0.15) is 38.8 Å². The van der Waals surface area contributed by atoms with Crippen LogP contribution in [-0.2, 0) is 5.60 Å². The van der Waals surface area contributed by atoms with E-state index in [0.717, 1.165) is 12.6 Å². The maximum atomic E-state index is 12.8. The van der Waals surface area contributed by atoms with Crippen LogP contribution in [0.3, 0.4) is 0 Å². The summed E-state index contributed by atoms with van der Waals surface area (Å²) in [5, 5.41) is 19.7. The first-order valence-electron chi connectivity index (χ1n) is 5.82. The molecule has 0 spiro atoms. The van der Waals surface area contributed by atoms with Crippen molar-refractivity contribution in [3.63, 3.8) is 0 Å². The van der Waals surface area contributed by atoms with Gasteiger partial charge in [-0.05, 0) is 25.0 Å². The highest BCUT2D eigenvalue weighted by molar-refractivity contribution is 5.18. The van der Waals surface area contributed by atoms with Gasteiger partial charge in [0.25, 0.3) is 0 Å². The lowest BCUT2D eigenvalue weighted by molar-refractivity contribution is -0.0141. The fourth-order valence-corrected chi connectivity index (χ4v) is 1.94. The van der Waals surface area contributed by atoms with Gasteiger partial charge in [0.05, 0.1) is 23.9 Å². The van der Waals surface area contributed by atoms with Crippen LogP contribution >= 0.6 is 0 Å². The number of nitrogens with zero attached hydrogens (tertiary/aromatic N) is 2. The van der Waals surface area contributed by atoms with Gasteiger partial charge in [0, 0.05) is 0 Å². The Hall–Kier alpha value is -1.47. The quantitative estimate of drug-likeness (QED) is 0.855. The molecule has 1 rings (SSSR count). The minimum Gasteiger partial charge on any atom is -0.382 e. The molecule has 0 saturated heterocycles. The van der Waals surface area contributed by atoms with Crippen molar-refractivity contribution in [3.05, 3.63) is 29.8 Å². The molecular weight excluding hydrogens is 219 g/mol. The summed E-state index contributed by atoms with van der Waals surface area (Å²) in [6.45, 7) is 3.75. The van der Waals surface area contributed by atoms with Gasteiger partial charge in [0.15, 0.2) is 0 Å². The highest BCUT2D eigenvalue weighted by atomic mass is 19.1. The highest BCUT2D eigenvalue weighted by Crippen LogP contribution is 2.34. The Bertz CT molecular complexity index is 399. The standard InChI is InChI=1S/C13H17FN2O/c1-3-5-10(8-15)13(17,4-2)12-7-6-11(14)9-16-12/h6-7,9-10,17H,3-5H2,1-2H3. The van der Waals surface area contributed by atoms with Gasteiger partial charge < -0.3 is 5.11 Å². The average molecular weight is 236 g/mol. The van der Waals surface area contributed by atoms with Gasteiger partial charge >= 0.3 is 0 Å². The van der Waals surface area contributed by atoms with Crippen molar-refractivity contribution < 1.29 is 9.50 Å². The second kappa shape index (κ2) is 5.74. The van der Waals surface area contributed by atoms with E-state index in [0.29, 0.717) is 18.5 Å². The van der Waals surface area contributed by atoms with Crippen molar-refractivity contribution in [2.75, 3.05) is 0 Å². The smallest absolute Gasteiger partial charge is 0.141 e. The normalized spacial score (nSPS) is 15.9. The molecule has 0 aromatic carbocycles. The predicted octanol–water partition coefficient (Wildman–Crippen LogP) is 2.76. The number of aliphatic hydroxyl groups is 1. The Morgan fingerprint density at radius 1 is 1.53 bits per heavy atom. The number of hydrogen-bond donors (Lipinski definition) is 1. The molecule has 2 atom stereocenters. The molecule has 17 heavy (non-hydrogen) atoms. The lowest BCUT2D eigenvalue weighted by Crippen LogP contribution is -2.34. The van der Waals surface area contributed by atoms with Crippen LogP contribution in [-0.4, -0.2) is 10.1 Å². The molecule has 0 fully saturated rings. The van der Waals surface area contributed by atoms with Crippen LogP contribution in [0.2, 0.25) is 0 Å². The fraction of sp³-hybridized carbons (Fsp3) is 0.538. The zero-order chi connectivity index (χ0) is 12.9. The Labute approximate surface area is 101 Å². The van der Waals surface area contributed by atoms with E-state index in [9.17, 15) is 9.50 Å². The van der Waals surface area contributed by atoms with Crippen molar-refractivity contribution in [2.45, 2.75) is 38.7 Å². The van der Waals surface area contributed by atoms with Gasteiger partial charge in [-0.1, -0.05) is 20.3 Å². The van der Waals surface area contributed by atoms with Gasteiger partial charge in [-0.2, -0.15) is 5.26 Å². The van der Waals surface area contributed by atoms with Crippen molar-refractivity contribution in [2.24, 2.45) is 5.92 Å². The second-order valence-electron chi connectivity index (χ2n) is 4.11. The first-order chi connectivity index (χ1) is 8.08.